The predicted molar refractivity (Wildman–Crippen MR) is 78.0 cm³/mol. The van der Waals surface area contributed by atoms with Crippen LogP contribution in [0, 0.1) is 5.92 Å². The smallest absolute Gasteiger partial charge is 0.226 e. The van der Waals surface area contributed by atoms with Gasteiger partial charge in [-0.2, -0.15) is 9.97 Å². The van der Waals surface area contributed by atoms with Crippen LogP contribution in [0.2, 0.25) is 0 Å². The fourth-order valence-electron chi connectivity index (χ4n) is 2.71. The number of hydrogen-bond acceptors (Lipinski definition) is 6. The summed E-state index contributed by atoms with van der Waals surface area (Å²) < 4.78 is 5.25. The summed E-state index contributed by atoms with van der Waals surface area (Å²) in [7, 11) is 3.59. The van der Waals surface area contributed by atoms with Crippen molar-refractivity contribution in [3.05, 3.63) is 6.33 Å². The Morgan fingerprint density at radius 2 is 2.20 bits per heavy atom. The van der Waals surface area contributed by atoms with Gasteiger partial charge >= 0.3 is 0 Å². The Morgan fingerprint density at radius 3 is 2.90 bits per heavy atom. The van der Waals surface area contributed by atoms with E-state index in [1.165, 1.54) is 0 Å². The molecule has 1 fully saturated rings. The van der Waals surface area contributed by atoms with E-state index in [9.17, 15) is 0 Å². The number of piperidine rings is 1. The number of aromatic amines is 1. The first-order chi connectivity index (χ1) is 9.81. The van der Waals surface area contributed by atoms with Gasteiger partial charge in [0.05, 0.1) is 6.33 Å². The fraction of sp³-hybridized carbons (Fsp3) is 0.615. The third kappa shape index (κ3) is 2.40. The fourth-order valence-corrected chi connectivity index (χ4v) is 2.71. The summed E-state index contributed by atoms with van der Waals surface area (Å²) in [6, 6.07) is 0. The normalized spacial score (nSPS) is 16.8. The molecule has 2 aromatic rings. The number of hydrogen-bond donors (Lipinski definition) is 2. The molecule has 20 heavy (non-hydrogen) atoms. The molecule has 0 spiro atoms. The van der Waals surface area contributed by atoms with Crippen molar-refractivity contribution in [3.63, 3.8) is 0 Å². The number of methoxy groups -OCH3 is 1. The number of rotatable bonds is 4. The largest absolute Gasteiger partial charge is 0.384 e. The molecule has 0 radical (unpaired) electrons. The average Bonchev–Trinajstić information content (AvgIpc) is 2.95. The molecule has 108 valence electrons. The van der Waals surface area contributed by atoms with Crippen molar-refractivity contribution < 1.29 is 4.74 Å². The third-order valence-corrected chi connectivity index (χ3v) is 3.81. The van der Waals surface area contributed by atoms with Gasteiger partial charge in [-0.15, -0.1) is 0 Å². The highest BCUT2D eigenvalue weighted by Gasteiger charge is 2.23. The third-order valence-electron chi connectivity index (χ3n) is 3.81. The summed E-state index contributed by atoms with van der Waals surface area (Å²) in [5.41, 5.74) is 1.62. The second-order valence-corrected chi connectivity index (χ2v) is 5.11. The van der Waals surface area contributed by atoms with Gasteiger partial charge in [0.2, 0.25) is 5.95 Å². The Morgan fingerprint density at radius 1 is 1.40 bits per heavy atom. The molecule has 0 amide bonds. The van der Waals surface area contributed by atoms with Crippen LogP contribution in [0.15, 0.2) is 6.33 Å². The van der Waals surface area contributed by atoms with E-state index < -0.39 is 0 Å². The minimum Gasteiger partial charge on any atom is -0.384 e. The van der Waals surface area contributed by atoms with E-state index in [0.717, 1.165) is 43.9 Å². The molecule has 7 heteroatoms. The minimum atomic E-state index is 0.610. The molecule has 0 unspecified atom stereocenters. The summed E-state index contributed by atoms with van der Waals surface area (Å²) in [4.78, 5) is 18.6. The Balaban J connectivity index is 1.85. The van der Waals surface area contributed by atoms with E-state index in [-0.39, 0.29) is 0 Å². The van der Waals surface area contributed by atoms with Gasteiger partial charge in [-0.05, 0) is 18.8 Å². The van der Waals surface area contributed by atoms with E-state index >= 15 is 0 Å². The molecular formula is C13H20N6O. The maximum atomic E-state index is 5.25. The quantitative estimate of drug-likeness (QED) is 0.875. The van der Waals surface area contributed by atoms with Crippen molar-refractivity contribution in [2.45, 2.75) is 12.8 Å². The molecule has 0 saturated carbocycles. The standard InChI is InChI=1S/C13H20N6O/c1-14-13-17-11-10(15-8-16-11)12(18-13)19-5-3-9(4-6-19)7-20-2/h8-9H,3-7H2,1-2H3,(H2,14,15,16,17,18). The maximum absolute atomic E-state index is 5.25. The van der Waals surface area contributed by atoms with Crippen molar-refractivity contribution in [1.29, 1.82) is 0 Å². The van der Waals surface area contributed by atoms with Crippen LogP contribution in [0.5, 0.6) is 0 Å². The zero-order valence-corrected chi connectivity index (χ0v) is 11.9. The van der Waals surface area contributed by atoms with E-state index in [4.69, 9.17) is 4.74 Å². The van der Waals surface area contributed by atoms with Crippen LogP contribution in [-0.2, 0) is 4.74 Å². The average molecular weight is 276 g/mol. The first-order valence-corrected chi connectivity index (χ1v) is 6.94. The van der Waals surface area contributed by atoms with Gasteiger partial charge in [-0.3, -0.25) is 0 Å². The van der Waals surface area contributed by atoms with Gasteiger partial charge in [0.15, 0.2) is 11.5 Å². The number of ether oxygens (including phenoxy) is 1. The van der Waals surface area contributed by atoms with Crippen LogP contribution in [0.3, 0.4) is 0 Å². The number of H-pyrrole nitrogens is 1. The van der Waals surface area contributed by atoms with Crippen molar-refractivity contribution >= 4 is 22.9 Å². The van der Waals surface area contributed by atoms with Crippen molar-refractivity contribution in [2.75, 3.05) is 44.1 Å². The monoisotopic (exact) mass is 276 g/mol. The maximum Gasteiger partial charge on any atom is 0.226 e. The number of imidazole rings is 1. The highest BCUT2D eigenvalue weighted by molar-refractivity contribution is 5.84. The predicted octanol–water partition coefficient (Wildman–Crippen LogP) is 1.26. The van der Waals surface area contributed by atoms with E-state index in [0.29, 0.717) is 17.5 Å². The highest BCUT2D eigenvalue weighted by Crippen LogP contribution is 2.27. The molecule has 1 saturated heterocycles. The second kappa shape index (κ2) is 5.62. The SMILES string of the molecule is CNc1nc(N2CCC(COC)CC2)c2[nH]cnc2n1. The summed E-state index contributed by atoms with van der Waals surface area (Å²) in [5, 5.41) is 2.99. The van der Waals surface area contributed by atoms with Crippen LogP contribution in [0.1, 0.15) is 12.8 Å². The van der Waals surface area contributed by atoms with Crippen LogP contribution in [-0.4, -0.2) is 53.8 Å². The summed E-state index contributed by atoms with van der Waals surface area (Å²) in [6.07, 6.45) is 3.92. The van der Waals surface area contributed by atoms with Crippen LogP contribution < -0.4 is 10.2 Å². The molecule has 2 N–H and O–H groups in total. The van der Waals surface area contributed by atoms with Gasteiger partial charge < -0.3 is 19.9 Å². The lowest BCUT2D eigenvalue weighted by Gasteiger charge is -2.32. The number of nitrogens with zero attached hydrogens (tertiary/aromatic N) is 4. The molecule has 0 aliphatic carbocycles. The zero-order valence-electron chi connectivity index (χ0n) is 11.9. The Kier molecular flexibility index (Phi) is 3.68. The van der Waals surface area contributed by atoms with Crippen LogP contribution >= 0.6 is 0 Å². The van der Waals surface area contributed by atoms with Crippen LogP contribution in [0.25, 0.3) is 11.2 Å². The second-order valence-electron chi connectivity index (χ2n) is 5.11. The molecule has 0 atom stereocenters. The Bertz CT molecular complexity index is 575. The Hall–Kier alpha value is -1.89. The summed E-state index contributed by atoms with van der Waals surface area (Å²) >= 11 is 0. The minimum absolute atomic E-state index is 0.610. The number of nitrogens with one attached hydrogen (secondary N) is 2. The first kappa shape index (κ1) is 13.1. The number of anilines is 2. The van der Waals surface area contributed by atoms with Crippen molar-refractivity contribution in [3.8, 4) is 0 Å². The van der Waals surface area contributed by atoms with Crippen LogP contribution in [0.4, 0.5) is 11.8 Å². The van der Waals surface area contributed by atoms with E-state index in [1.807, 2.05) is 7.05 Å². The molecule has 0 aromatic carbocycles. The Labute approximate surface area is 117 Å². The van der Waals surface area contributed by atoms with E-state index in [2.05, 4.69) is 30.2 Å². The summed E-state index contributed by atoms with van der Waals surface area (Å²) in [5.74, 6) is 2.20. The van der Waals surface area contributed by atoms with Gasteiger partial charge in [0, 0.05) is 33.9 Å². The first-order valence-electron chi connectivity index (χ1n) is 6.94. The van der Waals surface area contributed by atoms with Gasteiger partial charge in [-0.1, -0.05) is 0 Å². The lowest BCUT2D eigenvalue weighted by molar-refractivity contribution is 0.139. The lowest BCUT2D eigenvalue weighted by atomic mass is 9.98. The number of fused-ring (bicyclic) bond motifs is 1. The van der Waals surface area contributed by atoms with Gasteiger partial charge in [0.25, 0.3) is 0 Å². The van der Waals surface area contributed by atoms with Crippen molar-refractivity contribution in [1.82, 2.24) is 19.9 Å². The topological polar surface area (TPSA) is 79.0 Å². The number of aromatic nitrogens is 4. The molecule has 1 aliphatic heterocycles. The molecule has 3 rings (SSSR count). The molecule has 1 aliphatic rings. The highest BCUT2D eigenvalue weighted by atomic mass is 16.5. The molecule has 7 nitrogen and oxygen atoms in total. The lowest BCUT2D eigenvalue weighted by Crippen LogP contribution is -2.35. The van der Waals surface area contributed by atoms with E-state index in [1.54, 1.807) is 13.4 Å². The van der Waals surface area contributed by atoms with Crippen molar-refractivity contribution in [2.24, 2.45) is 5.92 Å². The van der Waals surface area contributed by atoms with Gasteiger partial charge in [-0.25, -0.2) is 4.98 Å². The molecule has 0 bridgehead atoms. The summed E-state index contributed by atoms with van der Waals surface area (Å²) in [6.45, 7) is 2.82. The molecular weight excluding hydrogens is 256 g/mol. The van der Waals surface area contributed by atoms with Gasteiger partial charge in [0.1, 0.15) is 5.52 Å². The molecule has 2 aromatic heterocycles. The molecule has 3 heterocycles. The zero-order chi connectivity index (χ0) is 13.9.